The first kappa shape index (κ1) is 24.0. The summed E-state index contributed by atoms with van der Waals surface area (Å²) in [4.78, 5) is 27.3. The van der Waals surface area contributed by atoms with Crippen LogP contribution in [0.1, 0.15) is 33.3 Å². The SMILES string of the molecule is CC(C)=C(C(=O)NS(=O)(=O)/C=C/c1ccccc1)C(=O)N(c1ccc(F)cc1)C(C)C. The van der Waals surface area contributed by atoms with Gasteiger partial charge in [-0.1, -0.05) is 35.9 Å². The van der Waals surface area contributed by atoms with Crippen LogP contribution in [-0.4, -0.2) is 26.3 Å². The number of hydrogen-bond donors (Lipinski definition) is 1. The highest BCUT2D eigenvalue weighted by Gasteiger charge is 2.29. The van der Waals surface area contributed by atoms with Gasteiger partial charge in [0.1, 0.15) is 11.4 Å². The van der Waals surface area contributed by atoms with Gasteiger partial charge in [0.25, 0.3) is 21.8 Å². The smallest absolute Gasteiger partial charge is 0.270 e. The highest BCUT2D eigenvalue weighted by atomic mass is 32.2. The van der Waals surface area contributed by atoms with Crippen LogP contribution in [0.25, 0.3) is 6.08 Å². The lowest BCUT2D eigenvalue weighted by molar-refractivity contribution is -0.121. The second-order valence-corrected chi connectivity index (χ2v) is 8.88. The molecule has 0 aliphatic heterocycles. The van der Waals surface area contributed by atoms with Crippen molar-refractivity contribution in [3.05, 3.63) is 82.5 Å². The summed E-state index contributed by atoms with van der Waals surface area (Å²) < 4.78 is 40.0. The summed E-state index contributed by atoms with van der Waals surface area (Å²) in [5.41, 5.74) is 1.08. The average molecular weight is 445 g/mol. The standard InChI is InChI=1S/C23H25FN2O4S/c1-16(2)21(23(28)26(17(3)4)20-12-10-19(24)11-13-20)22(27)25-31(29,30)15-14-18-8-6-5-7-9-18/h5-15,17H,1-4H3,(H,25,27)/b15-14+. The summed E-state index contributed by atoms with van der Waals surface area (Å²) in [5, 5.41) is 0.869. The Kier molecular flexibility index (Phi) is 7.88. The number of nitrogens with zero attached hydrogens (tertiary/aromatic N) is 1. The van der Waals surface area contributed by atoms with Crippen molar-refractivity contribution in [2.45, 2.75) is 33.7 Å². The number of anilines is 1. The fourth-order valence-corrected chi connectivity index (χ4v) is 3.62. The third-order valence-electron chi connectivity index (χ3n) is 4.26. The summed E-state index contributed by atoms with van der Waals surface area (Å²) in [7, 11) is -4.14. The Hall–Kier alpha value is -3.26. The van der Waals surface area contributed by atoms with Gasteiger partial charge >= 0.3 is 0 Å². The number of halogens is 1. The number of carbonyl (C=O) groups is 2. The van der Waals surface area contributed by atoms with Gasteiger partial charge in [-0.25, -0.2) is 17.5 Å². The van der Waals surface area contributed by atoms with Crippen LogP contribution in [0, 0.1) is 5.82 Å². The summed E-state index contributed by atoms with van der Waals surface area (Å²) in [6.45, 7) is 6.56. The zero-order chi connectivity index (χ0) is 23.2. The van der Waals surface area contributed by atoms with Gasteiger partial charge in [0.05, 0.1) is 5.41 Å². The van der Waals surface area contributed by atoms with Crippen molar-refractivity contribution in [3.8, 4) is 0 Å². The van der Waals surface area contributed by atoms with Crippen LogP contribution < -0.4 is 9.62 Å². The van der Waals surface area contributed by atoms with Crippen LogP contribution in [-0.2, 0) is 19.6 Å². The van der Waals surface area contributed by atoms with Crippen LogP contribution in [0.4, 0.5) is 10.1 Å². The summed E-state index contributed by atoms with van der Waals surface area (Å²) in [5.74, 6) is -2.17. The summed E-state index contributed by atoms with van der Waals surface area (Å²) in [6, 6.07) is 13.6. The Balaban J connectivity index is 2.30. The van der Waals surface area contributed by atoms with Crippen LogP contribution in [0.15, 0.2) is 71.2 Å². The third kappa shape index (κ3) is 6.62. The second kappa shape index (κ2) is 10.2. The van der Waals surface area contributed by atoms with E-state index in [-0.39, 0.29) is 11.6 Å². The molecular weight excluding hydrogens is 419 g/mol. The zero-order valence-corrected chi connectivity index (χ0v) is 18.6. The molecule has 2 amide bonds. The molecule has 0 radical (unpaired) electrons. The first-order valence-electron chi connectivity index (χ1n) is 9.58. The number of rotatable bonds is 7. The molecule has 6 nitrogen and oxygen atoms in total. The molecule has 0 unspecified atom stereocenters. The molecule has 2 aromatic rings. The monoisotopic (exact) mass is 444 g/mol. The minimum absolute atomic E-state index is 0.297. The van der Waals surface area contributed by atoms with Crippen LogP contribution in [0.5, 0.6) is 0 Å². The Morgan fingerprint density at radius 2 is 1.58 bits per heavy atom. The van der Waals surface area contributed by atoms with Crippen molar-refractivity contribution in [2.24, 2.45) is 0 Å². The van der Waals surface area contributed by atoms with Crippen molar-refractivity contribution in [1.82, 2.24) is 4.72 Å². The summed E-state index contributed by atoms with van der Waals surface area (Å²) in [6.07, 6.45) is 1.35. The topological polar surface area (TPSA) is 83.5 Å². The molecule has 0 heterocycles. The minimum Gasteiger partial charge on any atom is -0.306 e. The van der Waals surface area contributed by atoms with E-state index in [1.54, 1.807) is 58.0 Å². The van der Waals surface area contributed by atoms with E-state index in [0.29, 0.717) is 16.8 Å². The van der Waals surface area contributed by atoms with Gasteiger partial charge in [-0.15, -0.1) is 0 Å². The van der Waals surface area contributed by atoms with Crippen LogP contribution in [0.2, 0.25) is 0 Å². The fraction of sp³-hybridized carbons (Fsp3) is 0.217. The maximum atomic E-state index is 13.3. The van der Waals surface area contributed by atoms with E-state index >= 15 is 0 Å². The second-order valence-electron chi connectivity index (χ2n) is 7.31. The van der Waals surface area contributed by atoms with Crippen molar-refractivity contribution >= 4 is 33.6 Å². The fourth-order valence-electron chi connectivity index (χ4n) is 2.86. The number of benzene rings is 2. The Labute approximate surface area is 182 Å². The highest BCUT2D eigenvalue weighted by molar-refractivity contribution is 7.93. The highest BCUT2D eigenvalue weighted by Crippen LogP contribution is 2.22. The Morgan fingerprint density at radius 1 is 1.00 bits per heavy atom. The van der Waals surface area contributed by atoms with Gasteiger partial charge in [-0.3, -0.25) is 9.59 Å². The maximum absolute atomic E-state index is 13.3. The van der Waals surface area contributed by atoms with Gasteiger partial charge in [0.15, 0.2) is 0 Å². The van der Waals surface area contributed by atoms with Crippen molar-refractivity contribution in [3.63, 3.8) is 0 Å². The molecule has 0 fully saturated rings. The van der Waals surface area contributed by atoms with E-state index in [1.807, 2.05) is 4.72 Å². The molecule has 0 saturated heterocycles. The third-order valence-corrected chi connectivity index (χ3v) is 5.22. The molecule has 31 heavy (non-hydrogen) atoms. The first-order valence-corrected chi connectivity index (χ1v) is 11.1. The van der Waals surface area contributed by atoms with Gasteiger partial charge in [0.2, 0.25) is 0 Å². The number of carbonyl (C=O) groups excluding carboxylic acids is 2. The molecule has 2 aromatic carbocycles. The number of amides is 2. The van der Waals surface area contributed by atoms with Crippen molar-refractivity contribution in [1.29, 1.82) is 0 Å². The molecule has 0 spiro atoms. The average Bonchev–Trinajstić information content (AvgIpc) is 2.68. The number of hydrogen-bond acceptors (Lipinski definition) is 4. The van der Waals surface area contributed by atoms with E-state index in [2.05, 4.69) is 0 Å². The lowest BCUT2D eigenvalue weighted by atomic mass is 10.1. The lowest BCUT2D eigenvalue weighted by Gasteiger charge is -2.28. The molecule has 0 saturated carbocycles. The zero-order valence-electron chi connectivity index (χ0n) is 17.8. The normalized spacial score (nSPS) is 11.4. The van der Waals surface area contributed by atoms with Gasteiger partial charge in [0, 0.05) is 11.7 Å². The molecular formula is C23H25FN2O4S. The molecule has 164 valence electrons. The van der Waals surface area contributed by atoms with Gasteiger partial charge in [-0.05, 0) is 63.6 Å². The number of allylic oxidation sites excluding steroid dienone is 1. The first-order chi connectivity index (χ1) is 14.5. The van der Waals surface area contributed by atoms with Gasteiger partial charge < -0.3 is 4.90 Å². The molecule has 0 bridgehead atoms. The predicted molar refractivity (Wildman–Crippen MR) is 120 cm³/mol. The Morgan fingerprint density at radius 3 is 2.10 bits per heavy atom. The van der Waals surface area contributed by atoms with Crippen LogP contribution >= 0.6 is 0 Å². The van der Waals surface area contributed by atoms with E-state index < -0.39 is 27.7 Å². The molecule has 0 aromatic heterocycles. The lowest BCUT2D eigenvalue weighted by Crippen LogP contribution is -2.43. The van der Waals surface area contributed by atoms with E-state index in [9.17, 15) is 22.4 Å². The molecule has 2 rings (SSSR count). The molecule has 1 N–H and O–H groups in total. The minimum atomic E-state index is -4.14. The quantitative estimate of drug-likeness (QED) is 0.397. The van der Waals surface area contributed by atoms with Crippen molar-refractivity contribution < 1.29 is 22.4 Å². The van der Waals surface area contributed by atoms with E-state index in [4.69, 9.17) is 0 Å². The van der Waals surface area contributed by atoms with E-state index in [1.165, 1.54) is 35.2 Å². The maximum Gasteiger partial charge on any atom is 0.270 e. The predicted octanol–water partition coefficient (Wildman–Crippen LogP) is 4.02. The Bertz CT molecular complexity index is 1100. The largest absolute Gasteiger partial charge is 0.306 e. The number of nitrogens with one attached hydrogen (secondary N) is 1. The van der Waals surface area contributed by atoms with Crippen molar-refractivity contribution in [2.75, 3.05) is 4.90 Å². The van der Waals surface area contributed by atoms with E-state index in [0.717, 1.165) is 5.41 Å². The molecule has 0 atom stereocenters. The van der Waals surface area contributed by atoms with Crippen LogP contribution in [0.3, 0.4) is 0 Å². The molecule has 8 heteroatoms. The van der Waals surface area contributed by atoms with Gasteiger partial charge in [-0.2, -0.15) is 0 Å². The molecule has 0 aliphatic rings. The summed E-state index contributed by atoms with van der Waals surface area (Å²) >= 11 is 0. The molecule has 0 aliphatic carbocycles. The number of sulfonamides is 1.